The molecule has 0 aliphatic heterocycles. The van der Waals surface area contributed by atoms with Crippen molar-refractivity contribution in [1.29, 1.82) is 0 Å². The van der Waals surface area contributed by atoms with E-state index in [9.17, 15) is 18.5 Å². The quantitative estimate of drug-likeness (QED) is 0.136. The Morgan fingerprint density at radius 3 is 2.31 bits per heavy atom. The third-order valence-corrected chi connectivity index (χ3v) is 6.96. The Labute approximate surface area is 175 Å². The van der Waals surface area contributed by atoms with Crippen LogP contribution in [0.2, 0.25) is 19.6 Å². The lowest BCUT2D eigenvalue weighted by Gasteiger charge is -2.34. The van der Waals surface area contributed by atoms with Crippen LogP contribution in [0.4, 0.5) is 5.69 Å². The van der Waals surface area contributed by atoms with Gasteiger partial charge in [0.2, 0.25) is 10.0 Å². The largest absolute Gasteiger partial charge is 0.362 e. The lowest BCUT2D eigenvalue weighted by Crippen LogP contribution is -2.47. The van der Waals surface area contributed by atoms with Crippen LogP contribution in [0, 0.1) is 21.6 Å². The average molecular weight is 439 g/mol. The van der Waals surface area contributed by atoms with Gasteiger partial charge in [-0.1, -0.05) is 39.6 Å². The number of ether oxygens (including phenoxy) is 1. The summed E-state index contributed by atoms with van der Waals surface area (Å²) in [5.74, 6) is 3.17. The predicted molar refractivity (Wildman–Crippen MR) is 118 cm³/mol. The fourth-order valence-electron chi connectivity index (χ4n) is 2.79. The van der Waals surface area contributed by atoms with Crippen LogP contribution in [0.15, 0.2) is 41.8 Å². The van der Waals surface area contributed by atoms with Gasteiger partial charge in [-0.05, 0) is 24.6 Å². The molecule has 2 atom stereocenters. The molecule has 7 nitrogen and oxygen atoms in total. The highest BCUT2D eigenvalue weighted by Gasteiger charge is 2.36. The van der Waals surface area contributed by atoms with Gasteiger partial charge in [-0.15, -0.1) is 11.5 Å². The van der Waals surface area contributed by atoms with Crippen molar-refractivity contribution in [2.24, 2.45) is 0 Å². The average Bonchev–Trinajstić information content (AvgIpc) is 2.64. The van der Waals surface area contributed by atoms with Crippen molar-refractivity contribution in [1.82, 2.24) is 4.31 Å². The summed E-state index contributed by atoms with van der Waals surface area (Å²) in [6, 6.07) is 4.44. The number of nitro groups is 1. The van der Waals surface area contributed by atoms with Crippen LogP contribution in [-0.2, 0) is 14.8 Å². The summed E-state index contributed by atoms with van der Waals surface area (Å²) < 4.78 is 33.5. The van der Waals surface area contributed by atoms with E-state index >= 15 is 0 Å². The number of benzene rings is 1. The third kappa shape index (κ3) is 7.08. The molecule has 0 heterocycles. The molecule has 1 aromatic carbocycles. The van der Waals surface area contributed by atoms with E-state index in [4.69, 9.17) is 4.74 Å². The number of hydrogen-bond donors (Lipinski definition) is 0. The highest BCUT2D eigenvalue weighted by molar-refractivity contribution is 7.89. The molecule has 0 aromatic heterocycles. The fourth-order valence-corrected chi connectivity index (χ4v) is 5.17. The summed E-state index contributed by atoms with van der Waals surface area (Å²) in [5, 5.41) is 10.9. The van der Waals surface area contributed by atoms with Gasteiger partial charge < -0.3 is 4.74 Å². The van der Waals surface area contributed by atoms with Crippen LogP contribution in [0.1, 0.15) is 26.2 Å². The summed E-state index contributed by atoms with van der Waals surface area (Å²) in [7, 11) is -4.17. The maximum atomic E-state index is 13.4. The molecule has 0 saturated carbocycles. The Hall–Kier alpha value is -1.99. The van der Waals surface area contributed by atoms with Gasteiger partial charge in [0.25, 0.3) is 5.69 Å². The van der Waals surface area contributed by atoms with Gasteiger partial charge in [0.05, 0.1) is 9.82 Å². The van der Waals surface area contributed by atoms with E-state index in [0.29, 0.717) is 12.8 Å². The number of nitrogens with zero attached hydrogens (tertiary/aromatic N) is 2. The Balaban J connectivity index is 3.44. The highest BCUT2D eigenvalue weighted by atomic mass is 32.2. The summed E-state index contributed by atoms with van der Waals surface area (Å²) in [4.78, 5) is 10.3. The number of rotatable bonds is 10. The number of non-ortho nitro benzene ring substituents is 1. The Bertz CT molecular complexity index is 867. The molecule has 160 valence electrons. The lowest BCUT2D eigenvalue weighted by molar-refractivity contribution is -0.384. The zero-order valence-corrected chi connectivity index (χ0v) is 19.5. The van der Waals surface area contributed by atoms with Gasteiger partial charge in [0, 0.05) is 31.7 Å². The predicted octanol–water partition coefficient (Wildman–Crippen LogP) is 4.18. The minimum Gasteiger partial charge on any atom is -0.362 e. The van der Waals surface area contributed by atoms with Gasteiger partial charge in [-0.3, -0.25) is 10.1 Å². The SMILES string of the molecule is C=C[C@@H](OC)N([C@@H](CC#C[Si](C)(C)C)CCC)S(=O)(=O)c1ccc([N+](=O)[O-])cc1. The molecule has 0 N–H and O–H groups in total. The topological polar surface area (TPSA) is 89.8 Å². The molecule has 0 aliphatic carbocycles. The van der Waals surface area contributed by atoms with Crippen LogP contribution in [0.3, 0.4) is 0 Å². The van der Waals surface area contributed by atoms with Gasteiger partial charge in [-0.25, -0.2) is 8.42 Å². The van der Waals surface area contributed by atoms with E-state index in [0.717, 1.165) is 6.42 Å². The Morgan fingerprint density at radius 1 is 1.31 bits per heavy atom. The summed E-state index contributed by atoms with van der Waals surface area (Å²) in [5.41, 5.74) is 3.10. The summed E-state index contributed by atoms with van der Waals surface area (Å²) in [6.45, 7) is 12.1. The van der Waals surface area contributed by atoms with Crippen LogP contribution in [0.25, 0.3) is 0 Å². The molecule has 0 aliphatic rings. The fraction of sp³-hybridized carbons (Fsp3) is 0.500. The monoisotopic (exact) mass is 438 g/mol. The first-order chi connectivity index (χ1) is 13.5. The molecule has 9 heteroatoms. The Morgan fingerprint density at radius 2 is 1.90 bits per heavy atom. The van der Waals surface area contributed by atoms with Gasteiger partial charge in [0.15, 0.2) is 0 Å². The second-order valence-electron chi connectivity index (χ2n) is 7.65. The molecule has 0 fully saturated rings. The maximum absolute atomic E-state index is 13.4. The first-order valence-electron chi connectivity index (χ1n) is 9.41. The smallest absolute Gasteiger partial charge is 0.269 e. The zero-order valence-electron chi connectivity index (χ0n) is 17.7. The van der Waals surface area contributed by atoms with Crippen LogP contribution in [-0.4, -0.2) is 45.1 Å². The molecule has 0 spiro atoms. The molecule has 0 amide bonds. The molecular weight excluding hydrogens is 408 g/mol. The van der Waals surface area contributed by atoms with Crippen molar-refractivity contribution < 1.29 is 18.1 Å². The van der Waals surface area contributed by atoms with Crippen molar-refractivity contribution in [3.63, 3.8) is 0 Å². The van der Waals surface area contributed by atoms with Crippen LogP contribution >= 0.6 is 0 Å². The van der Waals surface area contributed by atoms with Gasteiger partial charge >= 0.3 is 0 Å². The number of sulfonamides is 1. The second kappa shape index (κ2) is 10.7. The van der Waals surface area contributed by atoms with E-state index in [1.807, 2.05) is 6.92 Å². The normalized spacial score (nSPS) is 14.0. The first-order valence-corrected chi connectivity index (χ1v) is 14.3. The minimum absolute atomic E-state index is 0.0359. The molecule has 0 saturated heterocycles. The van der Waals surface area contributed by atoms with Crippen molar-refractivity contribution >= 4 is 23.8 Å². The highest BCUT2D eigenvalue weighted by Crippen LogP contribution is 2.27. The molecule has 0 bridgehead atoms. The molecule has 29 heavy (non-hydrogen) atoms. The van der Waals surface area contributed by atoms with E-state index in [1.54, 1.807) is 0 Å². The third-order valence-electron chi connectivity index (χ3n) is 4.10. The minimum atomic E-state index is -4.00. The molecule has 1 rings (SSSR count). The van der Waals surface area contributed by atoms with E-state index in [2.05, 4.69) is 37.7 Å². The number of nitro benzene ring substituents is 1. The Kier molecular flexibility index (Phi) is 9.23. The van der Waals surface area contributed by atoms with Crippen LogP contribution < -0.4 is 0 Å². The zero-order chi connectivity index (χ0) is 22.2. The van der Waals surface area contributed by atoms with Crippen LogP contribution in [0.5, 0.6) is 0 Å². The maximum Gasteiger partial charge on any atom is 0.269 e. The molecule has 0 radical (unpaired) electrons. The van der Waals surface area contributed by atoms with Gasteiger partial charge in [-0.2, -0.15) is 4.31 Å². The molecule has 1 aromatic rings. The van der Waals surface area contributed by atoms with Crippen molar-refractivity contribution in [2.45, 2.75) is 63.0 Å². The number of methoxy groups -OCH3 is 1. The van der Waals surface area contributed by atoms with Crippen molar-refractivity contribution in [3.05, 3.63) is 47.0 Å². The second-order valence-corrected chi connectivity index (χ2v) is 14.2. The standard InChI is InChI=1S/C20H30N2O5SSi/c1-7-10-17(11-9-16-29(4,5)6)21(20(8-2)27-3)28(25,26)19-14-12-18(13-15-19)22(23)24/h8,12-15,17,20H,2,7,10-11H2,1,3-6H3/t17-,20-/m1/s1. The van der Waals surface area contributed by atoms with Gasteiger partial charge in [0.1, 0.15) is 14.3 Å². The van der Waals surface area contributed by atoms with E-state index in [1.165, 1.54) is 41.8 Å². The molecular formula is C20H30N2O5SSi. The van der Waals surface area contributed by atoms with Crippen molar-refractivity contribution in [2.75, 3.05) is 7.11 Å². The van der Waals surface area contributed by atoms with E-state index in [-0.39, 0.29) is 10.6 Å². The molecule has 0 unspecified atom stereocenters. The van der Waals surface area contributed by atoms with Crippen molar-refractivity contribution in [3.8, 4) is 11.5 Å². The number of hydrogen-bond acceptors (Lipinski definition) is 5. The lowest BCUT2D eigenvalue weighted by atomic mass is 10.1. The first kappa shape index (κ1) is 25.0. The summed E-state index contributed by atoms with van der Waals surface area (Å²) in [6.07, 6.45) is 2.29. The summed E-state index contributed by atoms with van der Waals surface area (Å²) >= 11 is 0. The van der Waals surface area contributed by atoms with E-state index < -0.39 is 35.3 Å².